The molecule has 2 N–H and O–H groups in total. The number of hydrogen-bond acceptors (Lipinski definition) is 3. The van der Waals surface area contributed by atoms with E-state index in [0.717, 1.165) is 22.0 Å². The number of nitrogens with zero attached hydrogens (tertiary/aromatic N) is 2. The molecular weight excluding hydrogens is 294 g/mol. The van der Waals surface area contributed by atoms with E-state index in [1.807, 2.05) is 26.0 Å². The van der Waals surface area contributed by atoms with Gasteiger partial charge in [0.25, 0.3) is 5.91 Å². The van der Waals surface area contributed by atoms with Gasteiger partial charge in [0, 0.05) is 37.1 Å². The third kappa shape index (κ3) is 2.94. The molecule has 3 rings (SSSR count). The summed E-state index contributed by atoms with van der Waals surface area (Å²) in [4.78, 5) is 30.7. The molecule has 122 valence electrons. The summed E-state index contributed by atoms with van der Waals surface area (Å²) in [6.45, 7) is 5.49. The van der Waals surface area contributed by atoms with Gasteiger partial charge in [0.05, 0.1) is 0 Å². The van der Waals surface area contributed by atoms with Crippen LogP contribution >= 0.6 is 0 Å². The number of carbonyl (C=O) groups is 2. The van der Waals surface area contributed by atoms with Crippen LogP contribution in [0.2, 0.25) is 0 Å². The molecule has 1 aromatic carbocycles. The zero-order valence-corrected chi connectivity index (χ0v) is 13.4. The number of aliphatic hydroxyl groups is 1. The Morgan fingerprint density at radius 2 is 1.74 bits per heavy atom. The quantitative estimate of drug-likeness (QED) is 0.870. The second-order valence-electron chi connectivity index (χ2n) is 6.06. The van der Waals surface area contributed by atoms with E-state index in [1.54, 1.807) is 9.80 Å². The van der Waals surface area contributed by atoms with Crippen molar-refractivity contribution in [2.24, 2.45) is 0 Å². The average Bonchev–Trinajstić information content (AvgIpc) is 2.98. The van der Waals surface area contributed by atoms with E-state index in [-0.39, 0.29) is 11.8 Å². The zero-order valence-electron chi connectivity index (χ0n) is 13.4. The van der Waals surface area contributed by atoms with E-state index in [9.17, 15) is 9.59 Å². The third-order valence-electron chi connectivity index (χ3n) is 4.37. The molecule has 2 heterocycles. The minimum absolute atomic E-state index is 0.0469. The van der Waals surface area contributed by atoms with E-state index < -0.39 is 6.61 Å². The Morgan fingerprint density at radius 3 is 2.39 bits per heavy atom. The summed E-state index contributed by atoms with van der Waals surface area (Å²) < 4.78 is 0. The van der Waals surface area contributed by atoms with Crippen LogP contribution in [0.3, 0.4) is 0 Å². The molecular formula is C17H21N3O3. The number of aromatic nitrogens is 1. The predicted octanol–water partition coefficient (Wildman–Crippen LogP) is 1.06. The summed E-state index contributed by atoms with van der Waals surface area (Å²) in [6, 6.07) is 6.04. The highest BCUT2D eigenvalue weighted by atomic mass is 16.3. The molecule has 1 aliphatic rings. The Balaban J connectivity index is 1.77. The largest absolute Gasteiger partial charge is 0.387 e. The Kier molecular flexibility index (Phi) is 4.09. The predicted molar refractivity (Wildman–Crippen MR) is 87.3 cm³/mol. The average molecular weight is 315 g/mol. The molecule has 0 aliphatic carbocycles. The number of fused-ring (bicyclic) bond motifs is 1. The number of aromatic amines is 1. The van der Waals surface area contributed by atoms with Crippen LogP contribution in [0.25, 0.3) is 10.9 Å². The summed E-state index contributed by atoms with van der Waals surface area (Å²) in [6.07, 6.45) is 0. The normalized spacial score (nSPS) is 15.3. The van der Waals surface area contributed by atoms with E-state index in [2.05, 4.69) is 11.1 Å². The lowest BCUT2D eigenvalue weighted by molar-refractivity contribution is -0.135. The molecule has 23 heavy (non-hydrogen) atoms. The molecule has 1 fully saturated rings. The number of benzene rings is 1. The number of aryl methyl sites for hydroxylation is 2. The first-order valence-corrected chi connectivity index (χ1v) is 7.77. The molecule has 1 aliphatic heterocycles. The summed E-state index contributed by atoms with van der Waals surface area (Å²) in [5.41, 5.74) is 3.86. The van der Waals surface area contributed by atoms with E-state index in [0.29, 0.717) is 31.9 Å². The van der Waals surface area contributed by atoms with Crippen molar-refractivity contribution < 1.29 is 14.7 Å². The second kappa shape index (κ2) is 6.04. The lowest BCUT2D eigenvalue weighted by Gasteiger charge is -2.34. The van der Waals surface area contributed by atoms with Crippen LogP contribution in [-0.4, -0.2) is 64.5 Å². The minimum atomic E-state index is -0.478. The van der Waals surface area contributed by atoms with Crippen molar-refractivity contribution in [2.45, 2.75) is 13.8 Å². The van der Waals surface area contributed by atoms with Gasteiger partial charge >= 0.3 is 0 Å². The van der Waals surface area contributed by atoms with Crippen molar-refractivity contribution in [3.63, 3.8) is 0 Å². The van der Waals surface area contributed by atoms with Crippen molar-refractivity contribution in [3.8, 4) is 0 Å². The van der Waals surface area contributed by atoms with Crippen molar-refractivity contribution in [2.75, 3.05) is 32.8 Å². The molecule has 0 unspecified atom stereocenters. The summed E-state index contributed by atoms with van der Waals surface area (Å²) >= 11 is 0. The standard InChI is InChI=1S/C17H21N3O3/c1-11-7-12(2)13-9-15(18-14(13)8-11)17(23)20-5-3-19(4-6-20)16(22)10-21/h7-9,18,21H,3-6,10H2,1-2H3. The Labute approximate surface area is 134 Å². The molecule has 0 bridgehead atoms. The van der Waals surface area contributed by atoms with Crippen LogP contribution in [0.5, 0.6) is 0 Å². The SMILES string of the molecule is Cc1cc(C)c2cc(C(=O)N3CCN(C(=O)CO)CC3)[nH]c2c1. The van der Waals surface area contributed by atoms with Crippen molar-refractivity contribution in [1.82, 2.24) is 14.8 Å². The van der Waals surface area contributed by atoms with Gasteiger partial charge < -0.3 is 19.9 Å². The van der Waals surface area contributed by atoms with Crippen LogP contribution in [0.4, 0.5) is 0 Å². The van der Waals surface area contributed by atoms with Gasteiger partial charge in [-0.3, -0.25) is 9.59 Å². The van der Waals surface area contributed by atoms with Crippen LogP contribution in [0.15, 0.2) is 18.2 Å². The first-order valence-electron chi connectivity index (χ1n) is 7.77. The van der Waals surface area contributed by atoms with Crippen LogP contribution in [0.1, 0.15) is 21.6 Å². The van der Waals surface area contributed by atoms with Gasteiger partial charge in [-0.05, 0) is 37.1 Å². The molecule has 6 nitrogen and oxygen atoms in total. The highest BCUT2D eigenvalue weighted by molar-refractivity contribution is 5.99. The highest BCUT2D eigenvalue weighted by Crippen LogP contribution is 2.22. The second-order valence-corrected chi connectivity index (χ2v) is 6.06. The van der Waals surface area contributed by atoms with Crippen LogP contribution < -0.4 is 0 Å². The number of piperazine rings is 1. The minimum Gasteiger partial charge on any atom is -0.387 e. The van der Waals surface area contributed by atoms with E-state index >= 15 is 0 Å². The number of carbonyl (C=O) groups excluding carboxylic acids is 2. The monoisotopic (exact) mass is 315 g/mol. The first-order chi connectivity index (χ1) is 11.0. The molecule has 0 saturated carbocycles. The Bertz CT molecular complexity index is 758. The fraction of sp³-hybridized carbons (Fsp3) is 0.412. The van der Waals surface area contributed by atoms with Gasteiger partial charge in [0.2, 0.25) is 5.91 Å². The van der Waals surface area contributed by atoms with E-state index in [1.165, 1.54) is 0 Å². The number of H-pyrrole nitrogens is 1. The molecule has 2 aromatic rings. The smallest absolute Gasteiger partial charge is 0.270 e. The summed E-state index contributed by atoms with van der Waals surface area (Å²) in [7, 11) is 0. The van der Waals surface area contributed by atoms with Gasteiger partial charge in [-0.1, -0.05) is 6.07 Å². The highest BCUT2D eigenvalue weighted by Gasteiger charge is 2.25. The third-order valence-corrected chi connectivity index (χ3v) is 4.37. The van der Waals surface area contributed by atoms with Crippen LogP contribution in [0, 0.1) is 13.8 Å². The molecule has 0 atom stereocenters. The number of hydrogen-bond donors (Lipinski definition) is 2. The summed E-state index contributed by atoms with van der Waals surface area (Å²) in [5.74, 6) is -0.330. The topological polar surface area (TPSA) is 76.6 Å². The molecule has 6 heteroatoms. The number of aliphatic hydroxyl groups excluding tert-OH is 1. The number of rotatable bonds is 2. The Hall–Kier alpha value is -2.34. The lowest BCUT2D eigenvalue weighted by Crippen LogP contribution is -2.51. The number of amides is 2. The fourth-order valence-electron chi connectivity index (χ4n) is 3.14. The number of nitrogens with one attached hydrogen (secondary N) is 1. The summed E-state index contributed by atoms with van der Waals surface area (Å²) in [5, 5.41) is 9.96. The zero-order chi connectivity index (χ0) is 16.6. The Morgan fingerprint density at radius 1 is 1.09 bits per heavy atom. The first kappa shape index (κ1) is 15.6. The molecule has 0 radical (unpaired) electrons. The maximum atomic E-state index is 12.7. The van der Waals surface area contributed by atoms with Gasteiger partial charge in [0.1, 0.15) is 12.3 Å². The van der Waals surface area contributed by atoms with Gasteiger partial charge in [-0.15, -0.1) is 0 Å². The van der Waals surface area contributed by atoms with Gasteiger partial charge in [-0.25, -0.2) is 0 Å². The lowest BCUT2D eigenvalue weighted by atomic mass is 10.1. The molecule has 2 amide bonds. The maximum absolute atomic E-state index is 12.7. The van der Waals surface area contributed by atoms with E-state index in [4.69, 9.17) is 5.11 Å². The van der Waals surface area contributed by atoms with Gasteiger partial charge in [-0.2, -0.15) is 0 Å². The maximum Gasteiger partial charge on any atom is 0.270 e. The van der Waals surface area contributed by atoms with Crippen molar-refractivity contribution in [1.29, 1.82) is 0 Å². The molecule has 1 aromatic heterocycles. The van der Waals surface area contributed by atoms with Gasteiger partial charge in [0.15, 0.2) is 0 Å². The van der Waals surface area contributed by atoms with Crippen LogP contribution in [-0.2, 0) is 4.79 Å². The molecule has 0 spiro atoms. The molecule has 1 saturated heterocycles. The van der Waals surface area contributed by atoms with Crippen molar-refractivity contribution >= 4 is 22.7 Å². The van der Waals surface area contributed by atoms with Crippen molar-refractivity contribution in [3.05, 3.63) is 35.0 Å². The fourth-order valence-corrected chi connectivity index (χ4v) is 3.14.